The molecule has 0 fully saturated rings. The number of hydrogen-bond donors (Lipinski definition) is 0. The Morgan fingerprint density at radius 1 is 1.18 bits per heavy atom. The molecule has 0 bridgehead atoms. The molecule has 0 N–H and O–H groups in total. The van der Waals surface area contributed by atoms with Crippen LogP contribution >= 0.6 is 11.3 Å². The molecule has 0 spiro atoms. The lowest BCUT2D eigenvalue weighted by Crippen LogP contribution is -2.05. The zero-order valence-electron chi connectivity index (χ0n) is 12.3. The molecule has 0 aliphatic rings. The lowest BCUT2D eigenvalue weighted by atomic mass is 10.3. The lowest BCUT2D eigenvalue weighted by molar-refractivity contribution is 0.304. The standard InChI is InChI=1S/C14H15N5O2S/c1-10-16-17-18-19(10)7-11-9-22-14(15-11)8-21-13-5-3-12(20-2)4-6-13/h3-6,9H,7-8H2,1-2H3. The molecule has 0 atom stereocenters. The summed E-state index contributed by atoms with van der Waals surface area (Å²) in [7, 11) is 1.64. The number of aromatic nitrogens is 5. The quantitative estimate of drug-likeness (QED) is 0.693. The smallest absolute Gasteiger partial charge is 0.148 e. The SMILES string of the molecule is COc1ccc(OCc2nc(Cn3nnnc3C)cs2)cc1. The van der Waals surface area contributed by atoms with Crippen molar-refractivity contribution in [1.29, 1.82) is 0 Å². The van der Waals surface area contributed by atoms with E-state index < -0.39 is 0 Å². The second kappa shape index (κ2) is 6.52. The Labute approximate surface area is 131 Å². The second-order valence-electron chi connectivity index (χ2n) is 4.58. The van der Waals surface area contributed by atoms with Gasteiger partial charge in [0, 0.05) is 5.38 Å². The molecule has 22 heavy (non-hydrogen) atoms. The second-order valence-corrected chi connectivity index (χ2v) is 5.52. The molecule has 2 heterocycles. The fourth-order valence-electron chi connectivity index (χ4n) is 1.85. The number of tetrazole rings is 1. The minimum absolute atomic E-state index is 0.436. The Morgan fingerprint density at radius 2 is 1.95 bits per heavy atom. The van der Waals surface area contributed by atoms with Gasteiger partial charge in [-0.25, -0.2) is 9.67 Å². The van der Waals surface area contributed by atoms with E-state index in [1.54, 1.807) is 23.1 Å². The van der Waals surface area contributed by atoms with Gasteiger partial charge >= 0.3 is 0 Å². The number of thiazole rings is 1. The Morgan fingerprint density at radius 3 is 2.64 bits per heavy atom. The summed E-state index contributed by atoms with van der Waals surface area (Å²) < 4.78 is 12.5. The molecule has 0 aliphatic heterocycles. The van der Waals surface area contributed by atoms with E-state index in [1.807, 2.05) is 36.6 Å². The van der Waals surface area contributed by atoms with Crippen molar-refractivity contribution in [1.82, 2.24) is 25.2 Å². The molecule has 0 radical (unpaired) electrons. The fraction of sp³-hybridized carbons (Fsp3) is 0.286. The molecular formula is C14H15N5O2S. The Kier molecular flexibility index (Phi) is 4.29. The van der Waals surface area contributed by atoms with Gasteiger partial charge in [-0.05, 0) is 41.6 Å². The van der Waals surface area contributed by atoms with Crippen LogP contribution in [0, 0.1) is 6.92 Å². The zero-order chi connectivity index (χ0) is 15.4. The van der Waals surface area contributed by atoms with Crippen LogP contribution in [0.2, 0.25) is 0 Å². The molecule has 0 unspecified atom stereocenters. The van der Waals surface area contributed by atoms with Crippen molar-refractivity contribution in [3.05, 3.63) is 46.2 Å². The van der Waals surface area contributed by atoms with Gasteiger partial charge in [-0.1, -0.05) is 0 Å². The van der Waals surface area contributed by atoms with Gasteiger partial charge in [0.2, 0.25) is 0 Å². The average molecular weight is 317 g/mol. The van der Waals surface area contributed by atoms with Crippen molar-refractivity contribution in [2.45, 2.75) is 20.1 Å². The van der Waals surface area contributed by atoms with Gasteiger partial charge in [-0.3, -0.25) is 0 Å². The maximum Gasteiger partial charge on any atom is 0.148 e. The molecule has 7 nitrogen and oxygen atoms in total. The van der Waals surface area contributed by atoms with Crippen LogP contribution in [-0.4, -0.2) is 32.3 Å². The van der Waals surface area contributed by atoms with Crippen molar-refractivity contribution in [3.8, 4) is 11.5 Å². The number of ether oxygens (including phenoxy) is 2. The van der Waals surface area contributed by atoms with Crippen LogP contribution < -0.4 is 9.47 Å². The summed E-state index contributed by atoms with van der Waals surface area (Å²) in [6.45, 7) is 2.86. The third-order valence-electron chi connectivity index (χ3n) is 3.04. The molecule has 0 saturated carbocycles. The van der Waals surface area contributed by atoms with Gasteiger partial charge in [0.1, 0.15) is 28.9 Å². The van der Waals surface area contributed by atoms with Crippen LogP contribution in [0.15, 0.2) is 29.6 Å². The summed E-state index contributed by atoms with van der Waals surface area (Å²) in [5.74, 6) is 2.36. The molecule has 8 heteroatoms. The van der Waals surface area contributed by atoms with E-state index in [1.165, 1.54) is 0 Å². The summed E-state index contributed by atoms with van der Waals surface area (Å²) in [4.78, 5) is 4.53. The zero-order valence-corrected chi connectivity index (χ0v) is 13.1. The largest absolute Gasteiger partial charge is 0.497 e. The van der Waals surface area contributed by atoms with Crippen LogP contribution in [-0.2, 0) is 13.2 Å². The van der Waals surface area contributed by atoms with Gasteiger partial charge in [0.15, 0.2) is 0 Å². The molecular weight excluding hydrogens is 302 g/mol. The van der Waals surface area contributed by atoms with Gasteiger partial charge in [-0.15, -0.1) is 16.4 Å². The van der Waals surface area contributed by atoms with E-state index in [2.05, 4.69) is 20.5 Å². The molecule has 114 valence electrons. The van der Waals surface area contributed by atoms with E-state index >= 15 is 0 Å². The number of rotatable bonds is 6. The average Bonchev–Trinajstić information content (AvgIpc) is 3.16. The van der Waals surface area contributed by atoms with Crippen molar-refractivity contribution >= 4 is 11.3 Å². The van der Waals surface area contributed by atoms with Gasteiger partial charge in [0.05, 0.1) is 19.3 Å². The summed E-state index contributed by atoms with van der Waals surface area (Å²) in [6, 6.07) is 7.47. The molecule has 2 aromatic heterocycles. The number of benzene rings is 1. The number of hydrogen-bond acceptors (Lipinski definition) is 7. The first-order chi connectivity index (χ1) is 10.7. The van der Waals surface area contributed by atoms with Crippen LogP contribution in [0.3, 0.4) is 0 Å². The first kappa shape index (κ1) is 14.5. The molecule has 3 aromatic rings. The molecule has 0 amide bonds. The van der Waals surface area contributed by atoms with E-state index in [0.29, 0.717) is 13.2 Å². The Hall–Kier alpha value is -2.48. The highest BCUT2D eigenvalue weighted by molar-refractivity contribution is 7.09. The first-order valence-corrected chi connectivity index (χ1v) is 7.55. The normalized spacial score (nSPS) is 10.6. The van der Waals surface area contributed by atoms with E-state index in [-0.39, 0.29) is 0 Å². The number of nitrogens with zero attached hydrogens (tertiary/aromatic N) is 5. The van der Waals surface area contributed by atoms with Gasteiger partial charge in [0.25, 0.3) is 0 Å². The lowest BCUT2D eigenvalue weighted by Gasteiger charge is -2.05. The van der Waals surface area contributed by atoms with Crippen molar-refractivity contribution < 1.29 is 9.47 Å². The highest BCUT2D eigenvalue weighted by Gasteiger charge is 2.07. The molecule has 3 rings (SSSR count). The first-order valence-electron chi connectivity index (χ1n) is 6.67. The van der Waals surface area contributed by atoms with Crippen molar-refractivity contribution in [3.63, 3.8) is 0 Å². The Balaban J connectivity index is 1.58. The highest BCUT2D eigenvalue weighted by Crippen LogP contribution is 2.19. The molecule has 0 aliphatic carbocycles. The van der Waals surface area contributed by atoms with Gasteiger partial charge in [-0.2, -0.15) is 0 Å². The maximum absolute atomic E-state index is 5.71. The fourth-order valence-corrected chi connectivity index (χ4v) is 2.55. The predicted octanol–water partition coefficient (Wildman–Crippen LogP) is 2.07. The summed E-state index contributed by atoms with van der Waals surface area (Å²) in [5.41, 5.74) is 0.925. The topological polar surface area (TPSA) is 75.0 Å². The highest BCUT2D eigenvalue weighted by atomic mass is 32.1. The van der Waals surface area contributed by atoms with Crippen LogP contribution in [0.5, 0.6) is 11.5 Å². The van der Waals surface area contributed by atoms with Crippen molar-refractivity contribution in [2.24, 2.45) is 0 Å². The number of aryl methyl sites for hydroxylation is 1. The number of methoxy groups -OCH3 is 1. The van der Waals surface area contributed by atoms with Crippen LogP contribution in [0.1, 0.15) is 16.5 Å². The van der Waals surface area contributed by atoms with E-state index in [4.69, 9.17) is 9.47 Å². The van der Waals surface area contributed by atoms with E-state index in [0.717, 1.165) is 28.0 Å². The monoisotopic (exact) mass is 317 g/mol. The predicted molar refractivity (Wildman–Crippen MR) is 81.1 cm³/mol. The molecule has 1 aromatic carbocycles. The van der Waals surface area contributed by atoms with E-state index in [9.17, 15) is 0 Å². The van der Waals surface area contributed by atoms with Crippen LogP contribution in [0.4, 0.5) is 0 Å². The minimum Gasteiger partial charge on any atom is -0.497 e. The van der Waals surface area contributed by atoms with Gasteiger partial charge < -0.3 is 9.47 Å². The third kappa shape index (κ3) is 3.40. The maximum atomic E-state index is 5.71. The minimum atomic E-state index is 0.436. The third-order valence-corrected chi connectivity index (χ3v) is 3.91. The van der Waals surface area contributed by atoms with Crippen molar-refractivity contribution in [2.75, 3.05) is 7.11 Å². The van der Waals surface area contributed by atoms with Crippen LogP contribution in [0.25, 0.3) is 0 Å². The molecule has 0 saturated heterocycles. The summed E-state index contributed by atoms with van der Waals surface area (Å²) in [6.07, 6.45) is 0. The Bertz CT molecular complexity index is 738. The summed E-state index contributed by atoms with van der Waals surface area (Å²) >= 11 is 1.56. The summed E-state index contributed by atoms with van der Waals surface area (Å²) in [5, 5.41) is 14.3.